The summed E-state index contributed by atoms with van der Waals surface area (Å²) >= 11 is 0. The molecule has 0 N–H and O–H groups in total. The highest BCUT2D eigenvalue weighted by atomic mass is 14.4. The van der Waals surface area contributed by atoms with Crippen molar-refractivity contribution >= 4 is 129 Å². The first-order valence-electron chi connectivity index (χ1n) is 34.5. The van der Waals surface area contributed by atoms with Crippen LogP contribution in [0.1, 0.15) is 22.6 Å². The van der Waals surface area contributed by atoms with Crippen LogP contribution in [0.4, 0.5) is 0 Å². The predicted octanol–water partition coefficient (Wildman–Crippen LogP) is 27.2. The fourth-order valence-corrected chi connectivity index (χ4v) is 17.9. The monoisotopic (exact) mass is 1240 g/mol. The lowest BCUT2D eigenvalue weighted by atomic mass is 9.71. The minimum absolute atomic E-state index is 0.0771. The van der Waals surface area contributed by atoms with Gasteiger partial charge in [0.25, 0.3) is 0 Å². The summed E-state index contributed by atoms with van der Waals surface area (Å²) in [6.45, 7) is 0. The highest BCUT2D eigenvalue weighted by Crippen LogP contribution is 2.60. The summed E-state index contributed by atoms with van der Waals surface area (Å²) < 4.78 is 0. The molecule has 0 amide bonds. The summed E-state index contributed by atoms with van der Waals surface area (Å²) in [5.41, 5.74) is 18.7. The Balaban J connectivity index is 1.08. The molecule has 20 aromatic rings. The van der Waals surface area contributed by atoms with Crippen molar-refractivity contribution in [2.24, 2.45) is 0 Å². The molecule has 0 saturated heterocycles. The zero-order valence-electron chi connectivity index (χ0n) is 53.7. The molecule has 20 aromatic carbocycles. The molecule has 1 aliphatic carbocycles. The SMILES string of the molecule is c1ccc(-c2cc3ccc4c(-c5cccc6c5ccc5ccccc56)c(-c5cccc6c5ccc5ccccc56)c(C5Cc6cccc7cccc5c67)c(-c5cccc6ccccc56)c4c3c(-c3cccc4cc5ccccc5cc34)c2-c2cccc3cc4ccccc4cc23)cc1. The fourth-order valence-electron chi connectivity index (χ4n) is 17.9. The van der Waals surface area contributed by atoms with Crippen LogP contribution in [0, 0.1) is 0 Å². The highest BCUT2D eigenvalue weighted by Gasteiger charge is 2.36. The quantitative estimate of drug-likeness (QED) is 0.110. The maximum atomic E-state index is 2.56. The van der Waals surface area contributed by atoms with Gasteiger partial charge < -0.3 is 0 Å². The lowest BCUT2D eigenvalue weighted by Crippen LogP contribution is -2.08. The second-order valence-corrected chi connectivity index (χ2v) is 27.1. The molecule has 1 atom stereocenters. The van der Waals surface area contributed by atoms with Gasteiger partial charge >= 0.3 is 0 Å². The van der Waals surface area contributed by atoms with Crippen LogP contribution < -0.4 is 0 Å². The summed E-state index contributed by atoms with van der Waals surface area (Å²) in [7, 11) is 0. The Morgan fingerprint density at radius 2 is 0.602 bits per heavy atom. The van der Waals surface area contributed by atoms with Crippen molar-refractivity contribution in [2.45, 2.75) is 12.3 Å². The van der Waals surface area contributed by atoms with Crippen LogP contribution in [-0.2, 0) is 6.42 Å². The molecule has 0 heteroatoms. The molecule has 0 nitrogen and oxygen atoms in total. The standard InChI is InChI=1S/C98H60/c1-2-21-60(22-3-1)88-57-71-49-52-85-92(80-45-19-39-75-72-36-11-9-24-61(72)47-50-77(75)80)95(81-46-20-40-76-73-37-12-10-25-62(73)48-51-78(76)81)98(89-58-70-35-14-31-63-32-16-44-84(89)90(63)70)96(79-41-15-30-59-23-8-13-38-74(59)79)97(85)91(71)94(83-43-18-34-69-54-65-27-5-7-29-67(65)56-87(69)83)93(88)82-42-17-33-68-53-64-26-4-6-28-66(64)55-86(68)82/h1-57,89H,58H2. The number of hydrogen-bond acceptors (Lipinski definition) is 0. The van der Waals surface area contributed by atoms with Gasteiger partial charge in [-0.15, -0.1) is 0 Å². The molecule has 0 radical (unpaired) electrons. The van der Waals surface area contributed by atoms with Gasteiger partial charge in [0.05, 0.1) is 0 Å². The third-order valence-corrected chi connectivity index (χ3v) is 22.1. The number of fused-ring (bicyclic) bond motifs is 14. The van der Waals surface area contributed by atoms with Crippen LogP contribution in [0.15, 0.2) is 346 Å². The summed E-state index contributed by atoms with van der Waals surface area (Å²) in [5.74, 6) is -0.0771. The Morgan fingerprint density at radius 1 is 0.184 bits per heavy atom. The number of rotatable bonds is 7. The second-order valence-electron chi connectivity index (χ2n) is 27.1. The van der Waals surface area contributed by atoms with Gasteiger partial charge in [-0.1, -0.05) is 315 Å². The molecule has 98 heavy (non-hydrogen) atoms. The first kappa shape index (κ1) is 54.9. The molecule has 0 heterocycles. The second kappa shape index (κ2) is 21.5. The van der Waals surface area contributed by atoms with Crippen LogP contribution in [0.5, 0.6) is 0 Å². The Kier molecular flexibility index (Phi) is 12.0. The molecule has 452 valence electrons. The van der Waals surface area contributed by atoms with E-state index in [-0.39, 0.29) is 5.92 Å². The Labute approximate surface area is 567 Å². The lowest BCUT2D eigenvalue weighted by Gasteiger charge is -2.31. The van der Waals surface area contributed by atoms with Gasteiger partial charge in [-0.2, -0.15) is 0 Å². The Hall–Kier alpha value is -12.5. The molecule has 21 rings (SSSR count). The van der Waals surface area contributed by atoms with Crippen LogP contribution >= 0.6 is 0 Å². The minimum Gasteiger partial charge on any atom is -0.0622 e. The van der Waals surface area contributed by atoms with Crippen molar-refractivity contribution in [3.8, 4) is 66.8 Å². The first-order valence-corrected chi connectivity index (χ1v) is 34.5. The third kappa shape index (κ3) is 8.19. The normalized spacial score (nSPS) is 13.2. The zero-order chi connectivity index (χ0) is 64.1. The summed E-state index contributed by atoms with van der Waals surface area (Å²) in [6.07, 6.45) is 0.835. The van der Waals surface area contributed by atoms with Gasteiger partial charge in [0.2, 0.25) is 0 Å². The van der Waals surface area contributed by atoms with E-state index in [0.29, 0.717) is 0 Å². The summed E-state index contributed by atoms with van der Waals surface area (Å²) in [4.78, 5) is 0. The van der Waals surface area contributed by atoms with Crippen LogP contribution in [0.2, 0.25) is 0 Å². The molecule has 0 spiro atoms. The molecule has 0 aliphatic heterocycles. The van der Waals surface area contributed by atoms with Crippen LogP contribution in [0.3, 0.4) is 0 Å². The topological polar surface area (TPSA) is 0 Å². The van der Waals surface area contributed by atoms with Gasteiger partial charge in [0.1, 0.15) is 0 Å². The molecule has 0 aromatic heterocycles. The molecular formula is C98H60. The summed E-state index contributed by atoms with van der Waals surface area (Å²) in [5, 5.41) is 29.6. The maximum Gasteiger partial charge on any atom is 0.0149 e. The van der Waals surface area contributed by atoms with Crippen molar-refractivity contribution in [3.05, 3.63) is 362 Å². The average molecular weight is 1240 g/mol. The largest absolute Gasteiger partial charge is 0.0622 e. The molecule has 1 unspecified atom stereocenters. The lowest BCUT2D eigenvalue weighted by molar-refractivity contribution is 0.854. The minimum atomic E-state index is -0.0771. The maximum absolute atomic E-state index is 2.56. The van der Waals surface area contributed by atoms with E-state index >= 15 is 0 Å². The van der Waals surface area contributed by atoms with Crippen molar-refractivity contribution in [3.63, 3.8) is 0 Å². The van der Waals surface area contributed by atoms with Crippen LogP contribution in [-0.4, -0.2) is 0 Å². The van der Waals surface area contributed by atoms with E-state index in [1.54, 1.807) is 0 Å². The van der Waals surface area contributed by atoms with Gasteiger partial charge in [0.15, 0.2) is 0 Å². The fraction of sp³-hybridized carbons (Fsp3) is 0.0204. The van der Waals surface area contributed by atoms with Crippen molar-refractivity contribution < 1.29 is 0 Å². The van der Waals surface area contributed by atoms with Crippen LogP contribution in [0.25, 0.3) is 196 Å². The van der Waals surface area contributed by atoms with E-state index in [2.05, 4.69) is 346 Å². The molecule has 0 bridgehead atoms. The van der Waals surface area contributed by atoms with Crippen molar-refractivity contribution in [2.75, 3.05) is 0 Å². The smallest absolute Gasteiger partial charge is 0.0149 e. The summed E-state index contributed by atoms with van der Waals surface area (Å²) in [6, 6.07) is 133. The first-order chi connectivity index (χ1) is 48.6. The highest BCUT2D eigenvalue weighted by molar-refractivity contribution is 6.33. The Morgan fingerprint density at radius 3 is 1.21 bits per heavy atom. The molecule has 1 aliphatic rings. The number of hydrogen-bond donors (Lipinski definition) is 0. The van der Waals surface area contributed by atoms with E-state index in [9.17, 15) is 0 Å². The van der Waals surface area contributed by atoms with Crippen molar-refractivity contribution in [1.29, 1.82) is 0 Å². The average Bonchev–Trinajstić information content (AvgIpc) is 0.984. The molecular weight excluding hydrogens is 1180 g/mol. The van der Waals surface area contributed by atoms with E-state index < -0.39 is 0 Å². The van der Waals surface area contributed by atoms with Gasteiger partial charge in [-0.3, -0.25) is 0 Å². The van der Waals surface area contributed by atoms with Gasteiger partial charge in [-0.05, 0) is 249 Å². The van der Waals surface area contributed by atoms with Gasteiger partial charge in [0, 0.05) is 5.92 Å². The van der Waals surface area contributed by atoms with Crippen molar-refractivity contribution in [1.82, 2.24) is 0 Å². The van der Waals surface area contributed by atoms with E-state index in [1.807, 2.05) is 0 Å². The third-order valence-electron chi connectivity index (χ3n) is 22.1. The van der Waals surface area contributed by atoms with E-state index in [1.165, 1.54) is 213 Å². The number of benzene rings is 20. The molecule has 0 saturated carbocycles. The molecule has 0 fully saturated rings. The Bertz CT molecular complexity index is 6820. The van der Waals surface area contributed by atoms with E-state index in [4.69, 9.17) is 0 Å². The zero-order valence-corrected chi connectivity index (χ0v) is 53.7. The van der Waals surface area contributed by atoms with Gasteiger partial charge in [-0.25, -0.2) is 0 Å². The predicted molar refractivity (Wildman–Crippen MR) is 421 cm³/mol. The van der Waals surface area contributed by atoms with E-state index in [0.717, 1.165) is 6.42 Å².